The first-order valence-electron chi connectivity index (χ1n) is 7.29. The predicted octanol–water partition coefficient (Wildman–Crippen LogP) is 1.74. The summed E-state index contributed by atoms with van der Waals surface area (Å²) in [7, 11) is 0. The molecule has 1 aliphatic rings. The number of nitrogens with one attached hydrogen (secondary N) is 1. The Kier molecular flexibility index (Phi) is 4.47. The number of rotatable bonds is 4. The Morgan fingerprint density at radius 2 is 1.70 bits per heavy atom. The second-order valence-corrected chi connectivity index (χ2v) is 5.66. The van der Waals surface area contributed by atoms with E-state index < -0.39 is 11.4 Å². The molecule has 0 saturated heterocycles. The van der Waals surface area contributed by atoms with E-state index in [1.807, 2.05) is 36.0 Å². The van der Waals surface area contributed by atoms with Crippen LogP contribution < -0.4 is 11.1 Å². The molecule has 1 aromatic rings. The van der Waals surface area contributed by atoms with Crippen LogP contribution in [-0.4, -0.2) is 21.9 Å². The Hall–Kier alpha value is -1.78. The molecule has 1 fully saturated rings. The van der Waals surface area contributed by atoms with E-state index in [1.165, 1.54) is 0 Å². The van der Waals surface area contributed by atoms with Crippen molar-refractivity contribution in [3.05, 3.63) is 24.5 Å². The number of primary amides is 1. The van der Waals surface area contributed by atoms with Gasteiger partial charge in [0.05, 0.1) is 0 Å². The summed E-state index contributed by atoms with van der Waals surface area (Å²) >= 11 is 0. The van der Waals surface area contributed by atoms with Gasteiger partial charge in [0.2, 0.25) is 11.8 Å². The Bertz CT molecular complexity index is 459. The molecule has 0 aromatic carbocycles. The van der Waals surface area contributed by atoms with E-state index in [0.717, 1.165) is 25.7 Å². The molecule has 0 radical (unpaired) electrons. The minimum Gasteiger partial charge on any atom is -0.368 e. The second-order valence-electron chi connectivity index (χ2n) is 5.66. The fourth-order valence-electron chi connectivity index (χ4n) is 2.85. The van der Waals surface area contributed by atoms with Crippen LogP contribution in [-0.2, 0) is 9.59 Å². The first kappa shape index (κ1) is 14.6. The van der Waals surface area contributed by atoms with Gasteiger partial charge in [-0.1, -0.05) is 25.7 Å². The number of hydrogen-bond acceptors (Lipinski definition) is 2. The van der Waals surface area contributed by atoms with Gasteiger partial charge in [0.25, 0.3) is 0 Å². The van der Waals surface area contributed by atoms with Crippen molar-refractivity contribution >= 4 is 11.8 Å². The van der Waals surface area contributed by atoms with Crippen molar-refractivity contribution in [2.24, 2.45) is 5.73 Å². The van der Waals surface area contributed by atoms with Crippen molar-refractivity contribution in [2.75, 3.05) is 0 Å². The molecular formula is C15H23N3O2. The fraction of sp³-hybridized carbons (Fsp3) is 0.600. The van der Waals surface area contributed by atoms with Crippen LogP contribution in [0.15, 0.2) is 24.5 Å². The van der Waals surface area contributed by atoms with E-state index in [9.17, 15) is 9.59 Å². The van der Waals surface area contributed by atoms with E-state index in [-0.39, 0.29) is 11.9 Å². The number of amides is 2. The lowest BCUT2D eigenvalue weighted by molar-refractivity contribution is -0.133. The minimum atomic E-state index is -0.866. The van der Waals surface area contributed by atoms with Crippen LogP contribution in [0.25, 0.3) is 0 Å². The molecule has 3 N–H and O–H groups in total. The molecule has 0 aliphatic heterocycles. The Balaban J connectivity index is 2.11. The zero-order valence-corrected chi connectivity index (χ0v) is 12.0. The van der Waals surface area contributed by atoms with Gasteiger partial charge in [-0.15, -0.1) is 0 Å². The second kappa shape index (κ2) is 6.11. The smallest absolute Gasteiger partial charge is 0.243 e. The highest BCUT2D eigenvalue weighted by Crippen LogP contribution is 2.27. The van der Waals surface area contributed by atoms with E-state index in [1.54, 1.807) is 0 Å². The summed E-state index contributed by atoms with van der Waals surface area (Å²) in [5.41, 5.74) is 4.71. The average Bonchev–Trinajstić information content (AvgIpc) is 2.85. The van der Waals surface area contributed by atoms with Crippen LogP contribution in [0.5, 0.6) is 0 Å². The van der Waals surface area contributed by atoms with Crippen molar-refractivity contribution in [3.63, 3.8) is 0 Å². The highest BCUT2D eigenvalue weighted by atomic mass is 16.2. The summed E-state index contributed by atoms with van der Waals surface area (Å²) in [6.07, 6.45) is 9.03. The number of carbonyl (C=O) groups excluding carboxylic acids is 2. The molecule has 1 atom stereocenters. The van der Waals surface area contributed by atoms with Gasteiger partial charge in [-0.2, -0.15) is 0 Å². The molecule has 1 unspecified atom stereocenters. The lowest BCUT2D eigenvalue weighted by atomic mass is 9.89. The van der Waals surface area contributed by atoms with Gasteiger partial charge in [0.15, 0.2) is 0 Å². The summed E-state index contributed by atoms with van der Waals surface area (Å²) in [4.78, 5) is 24.3. The molecule has 5 nitrogen and oxygen atoms in total. The Morgan fingerprint density at radius 1 is 1.15 bits per heavy atom. The Labute approximate surface area is 119 Å². The minimum absolute atomic E-state index is 0.151. The third kappa shape index (κ3) is 3.03. The number of aromatic nitrogens is 1. The largest absolute Gasteiger partial charge is 0.368 e. The van der Waals surface area contributed by atoms with Crippen LogP contribution in [0.1, 0.15) is 51.5 Å². The van der Waals surface area contributed by atoms with Crippen molar-refractivity contribution in [1.29, 1.82) is 0 Å². The molecule has 2 rings (SSSR count). The summed E-state index contributed by atoms with van der Waals surface area (Å²) in [5.74, 6) is -0.561. The first-order valence-corrected chi connectivity index (χ1v) is 7.29. The third-order valence-corrected chi connectivity index (χ3v) is 4.25. The van der Waals surface area contributed by atoms with Crippen LogP contribution in [0, 0.1) is 0 Å². The molecule has 1 saturated carbocycles. The van der Waals surface area contributed by atoms with E-state index in [2.05, 4.69) is 5.32 Å². The SMILES string of the molecule is CC(C(=O)NC1(C(N)=O)CCCCCC1)n1cccc1. The fourth-order valence-corrected chi connectivity index (χ4v) is 2.85. The topological polar surface area (TPSA) is 77.1 Å². The highest BCUT2D eigenvalue weighted by Gasteiger charge is 2.39. The van der Waals surface area contributed by atoms with Crippen molar-refractivity contribution in [1.82, 2.24) is 9.88 Å². The molecule has 0 bridgehead atoms. The Morgan fingerprint density at radius 3 is 2.20 bits per heavy atom. The molecule has 1 aliphatic carbocycles. The first-order chi connectivity index (χ1) is 9.55. The van der Waals surface area contributed by atoms with E-state index in [0.29, 0.717) is 12.8 Å². The zero-order chi connectivity index (χ0) is 14.6. The summed E-state index contributed by atoms with van der Waals surface area (Å²) in [5, 5.41) is 2.93. The van der Waals surface area contributed by atoms with E-state index >= 15 is 0 Å². The molecular weight excluding hydrogens is 254 g/mol. The number of hydrogen-bond donors (Lipinski definition) is 2. The average molecular weight is 277 g/mol. The maximum absolute atomic E-state index is 12.4. The van der Waals surface area contributed by atoms with Crippen LogP contribution in [0.4, 0.5) is 0 Å². The van der Waals surface area contributed by atoms with Gasteiger partial charge in [0, 0.05) is 12.4 Å². The number of carbonyl (C=O) groups is 2. The van der Waals surface area contributed by atoms with E-state index in [4.69, 9.17) is 5.73 Å². The quantitative estimate of drug-likeness (QED) is 0.822. The molecule has 5 heteroatoms. The lowest BCUT2D eigenvalue weighted by Gasteiger charge is -2.32. The van der Waals surface area contributed by atoms with Gasteiger partial charge in [-0.3, -0.25) is 9.59 Å². The maximum atomic E-state index is 12.4. The molecule has 20 heavy (non-hydrogen) atoms. The van der Waals surface area contributed by atoms with Crippen LogP contribution in [0.3, 0.4) is 0 Å². The molecule has 110 valence electrons. The summed E-state index contributed by atoms with van der Waals surface area (Å²) in [6, 6.07) is 3.41. The van der Waals surface area contributed by atoms with Crippen LogP contribution in [0.2, 0.25) is 0 Å². The third-order valence-electron chi connectivity index (χ3n) is 4.25. The van der Waals surface area contributed by atoms with Gasteiger partial charge in [0.1, 0.15) is 11.6 Å². The van der Waals surface area contributed by atoms with Gasteiger partial charge >= 0.3 is 0 Å². The molecule has 1 aromatic heterocycles. The molecule has 2 amide bonds. The van der Waals surface area contributed by atoms with Crippen molar-refractivity contribution in [3.8, 4) is 0 Å². The predicted molar refractivity (Wildman–Crippen MR) is 76.9 cm³/mol. The molecule has 1 heterocycles. The van der Waals surface area contributed by atoms with Crippen molar-refractivity contribution in [2.45, 2.75) is 57.0 Å². The highest BCUT2D eigenvalue weighted by molar-refractivity contribution is 5.91. The maximum Gasteiger partial charge on any atom is 0.243 e. The standard InChI is InChI=1S/C15H23N3O2/c1-12(18-10-6-7-11-18)13(19)17-15(14(16)20)8-4-2-3-5-9-15/h6-7,10-12H,2-5,8-9H2,1H3,(H2,16,20)(H,17,19). The summed E-state index contributed by atoms with van der Waals surface area (Å²) < 4.78 is 1.82. The molecule has 0 spiro atoms. The zero-order valence-electron chi connectivity index (χ0n) is 12.0. The van der Waals surface area contributed by atoms with Gasteiger partial charge in [-0.05, 0) is 31.9 Å². The number of nitrogens with two attached hydrogens (primary N) is 1. The van der Waals surface area contributed by atoms with Crippen LogP contribution >= 0.6 is 0 Å². The van der Waals surface area contributed by atoms with Gasteiger partial charge < -0.3 is 15.6 Å². The normalized spacial score (nSPS) is 19.9. The monoisotopic (exact) mass is 277 g/mol. The van der Waals surface area contributed by atoms with Gasteiger partial charge in [-0.25, -0.2) is 0 Å². The summed E-state index contributed by atoms with van der Waals surface area (Å²) in [6.45, 7) is 1.82. The number of nitrogens with zero attached hydrogens (tertiary/aromatic N) is 1. The van der Waals surface area contributed by atoms with Crippen molar-refractivity contribution < 1.29 is 9.59 Å². The lowest BCUT2D eigenvalue weighted by Crippen LogP contribution is -2.58.